The third kappa shape index (κ3) is 45.9. The second kappa shape index (κ2) is 18.2. The van der Waals surface area contributed by atoms with Crippen LogP contribution in [0.2, 0.25) is 0 Å². The van der Waals surface area contributed by atoms with Gasteiger partial charge < -0.3 is 36.5 Å². The molecule has 0 fully saturated rings. The first-order chi connectivity index (χ1) is 8.41. The van der Waals surface area contributed by atoms with Crippen LogP contribution < -0.4 is 27.4 Å². The van der Waals surface area contributed by atoms with E-state index < -0.39 is 10.4 Å². The van der Waals surface area contributed by atoms with Crippen molar-refractivity contribution >= 4 is 10.4 Å². The van der Waals surface area contributed by atoms with Gasteiger partial charge in [0.1, 0.15) is 0 Å². The predicted octanol–water partition coefficient (Wildman–Crippen LogP) is -3.67. The summed E-state index contributed by atoms with van der Waals surface area (Å²) in [5.41, 5.74) is 10.6. The van der Waals surface area contributed by atoms with E-state index in [4.69, 9.17) is 29.0 Å². The summed E-state index contributed by atoms with van der Waals surface area (Å²) in [5, 5.41) is 9.71. The molecule has 9 nitrogen and oxygen atoms in total. The Morgan fingerprint density at radius 3 is 1.16 bits per heavy atom. The number of hydrogen-bond donors (Lipinski definition) is 5. The molecule has 7 N–H and O–H groups in total. The fraction of sp³-hybridized carbons (Fsp3) is 1.00. The quantitative estimate of drug-likeness (QED) is 0.115. The summed E-state index contributed by atoms with van der Waals surface area (Å²) in [6.07, 6.45) is 0. The van der Waals surface area contributed by atoms with Crippen LogP contribution in [0.5, 0.6) is 0 Å². The van der Waals surface area contributed by atoms with Gasteiger partial charge in [-0.1, -0.05) is 0 Å². The summed E-state index contributed by atoms with van der Waals surface area (Å²) in [5.74, 6) is 0. The Bertz CT molecular complexity index is 238. The molecule has 0 aromatic rings. The molecule has 0 bridgehead atoms. The number of nitrogens with one attached hydrogen (secondary N) is 3. The third-order valence-corrected chi connectivity index (χ3v) is 1.60. The smallest absolute Gasteiger partial charge is 0.759 e. The minimum absolute atomic E-state index is 0. The molecular formula is C8H23CuN5O4S. The topological polar surface area (TPSA) is 168 Å². The minimum atomic E-state index is -5.17. The van der Waals surface area contributed by atoms with E-state index in [0.29, 0.717) is 13.1 Å². The van der Waals surface area contributed by atoms with E-state index in [9.17, 15) is 0 Å². The Labute approximate surface area is 125 Å². The Balaban J connectivity index is -0.000000366. The van der Waals surface area contributed by atoms with Crippen molar-refractivity contribution in [3.63, 3.8) is 0 Å². The Hall–Kier alpha value is 0.189. The fourth-order valence-corrected chi connectivity index (χ4v) is 0.933. The van der Waals surface area contributed by atoms with Crippen molar-refractivity contribution in [2.24, 2.45) is 11.5 Å². The second-order valence-corrected chi connectivity index (χ2v) is 4.05. The fourth-order valence-electron chi connectivity index (χ4n) is 0.933. The molecule has 0 aromatic heterocycles. The molecule has 0 aliphatic carbocycles. The zero-order valence-electron chi connectivity index (χ0n) is 10.7. The van der Waals surface area contributed by atoms with Crippen molar-refractivity contribution in [2.75, 3.05) is 52.4 Å². The van der Waals surface area contributed by atoms with Gasteiger partial charge in [-0.05, 0) is 0 Å². The Morgan fingerprint density at radius 2 is 0.947 bits per heavy atom. The second-order valence-electron chi connectivity index (χ2n) is 3.24. The molecular weight excluding hydrogens is 326 g/mol. The molecule has 0 amide bonds. The van der Waals surface area contributed by atoms with Crippen LogP contribution in [0, 0.1) is 0 Å². The van der Waals surface area contributed by atoms with Crippen molar-refractivity contribution in [3.05, 3.63) is 0 Å². The minimum Gasteiger partial charge on any atom is -0.759 e. The predicted molar refractivity (Wildman–Crippen MR) is 67.2 cm³/mol. The molecule has 0 aromatic carbocycles. The van der Waals surface area contributed by atoms with E-state index in [2.05, 4.69) is 16.0 Å². The summed E-state index contributed by atoms with van der Waals surface area (Å²) >= 11 is 0. The summed E-state index contributed by atoms with van der Waals surface area (Å²) in [6, 6.07) is 0. The molecule has 0 saturated carbocycles. The summed E-state index contributed by atoms with van der Waals surface area (Å²) in [7, 11) is -5.17. The van der Waals surface area contributed by atoms with Crippen LogP contribution >= 0.6 is 0 Å². The molecule has 0 aliphatic rings. The molecule has 0 heterocycles. The van der Waals surface area contributed by atoms with Crippen LogP contribution in [0.1, 0.15) is 0 Å². The first kappa shape index (κ1) is 24.2. The zero-order valence-corrected chi connectivity index (χ0v) is 12.4. The monoisotopic (exact) mass is 348 g/mol. The SMILES string of the molecule is NCCNCCNCCNCCN.O=S(=O)([O-])[O-].[Cu+2]. The van der Waals surface area contributed by atoms with Crippen LogP contribution in [0.3, 0.4) is 0 Å². The first-order valence-electron chi connectivity index (χ1n) is 5.60. The normalized spacial score (nSPS) is 10.3. The van der Waals surface area contributed by atoms with Crippen LogP contribution in [-0.2, 0) is 27.5 Å². The summed E-state index contributed by atoms with van der Waals surface area (Å²) in [6.45, 7) is 7.15. The van der Waals surface area contributed by atoms with Crippen LogP contribution in [0.4, 0.5) is 0 Å². The molecule has 0 spiro atoms. The van der Waals surface area contributed by atoms with Gasteiger partial charge in [0, 0.05) is 62.8 Å². The van der Waals surface area contributed by atoms with Gasteiger partial charge in [-0.25, -0.2) is 0 Å². The van der Waals surface area contributed by atoms with Crippen molar-refractivity contribution < 1.29 is 34.6 Å². The van der Waals surface area contributed by atoms with Crippen molar-refractivity contribution in [3.8, 4) is 0 Å². The van der Waals surface area contributed by atoms with Gasteiger partial charge in [-0.15, -0.1) is 0 Å². The van der Waals surface area contributed by atoms with Gasteiger partial charge in [-0.3, -0.25) is 8.42 Å². The number of hydrogen-bond acceptors (Lipinski definition) is 9. The van der Waals surface area contributed by atoms with E-state index in [0.717, 1.165) is 39.3 Å². The molecule has 1 radical (unpaired) electrons. The number of nitrogens with two attached hydrogens (primary N) is 2. The van der Waals surface area contributed by atoms with E-state index in [1.165, 1.54) is 0 Å². The standard InChI is InChI=1S/C8H23N5.Cu.H2O4S/c9-1-3-11-5-7-13-8-6-12-4-2-10;;1-5(2,3)4/h11-13H,1-10H2;;(H2,1,2,3,4)/q;+2;/p-2. The molecule has 19 heavy (non-hydrogen) atoms. The number of rotatable bonds is 10. The van der Waals surface area contributed by atoms with Gasteiger partial charge >= 0.3 is 17.1 Å². The zero-order chi connectivity index (χ0) is 14.3. The molecule has 0 unspecified atom stereocenters. The average Bonchev–Trinajstić information content (AvgIpc) is 2.25. The van der Waals surface area contributed by atoms with E-state index in [1.807, 2.05) is 0 Å². The Kier molecular flexibility index (Phi) is 23.2. The van der Waals surface area contributed by atoms with Gasteiger partial charge in [0.05, 0.1) is 0 Å². The van der Waals surface area contributed by atoms with Gasteiger partial charge in [0.2, 0.25) is 0 Å². The van der Waals surface area contributed by atoms with Crippen LogP contribution in [-0.4, -0.2) is 69.9 Å². The molecule has 121 valence electrons. The van der Waals surface area contributed by atoms with Gasteiger partial charge in [-0.2, -0.15) is 0 Å². The summed E-state index contributed by atoms with van der Waals surface area (Å²) < 4.78 is 34.1. The van der Waals surface area contributed by atoms with Crippen molar-refractivity contribution in [1.82, 2.24) is 16.0 Å². The van der Waals surface area contributed by atoms with E-state index in [-0.39, 0.29) is 17.1 Å². The Morgan fingerprint density at radius 1 is 0.737 bits per heavy atom. The third-order valence-electron chi connectivity index (χ3n) is 1.60. The maximum Gasteiger partial charge on any atom is 2.00 e. The van der Waals surface area contributed by atoms with Crippen molar-refractivity contribution in [2.45, 2.75) is 0 Å². The summed E-state index contributed by atoms with van der Waals surface area (Å²) in [4.78, 5) is 0. The van der Waals surface area contributed by atoms with Gasteiger partial charge in [0.15, 0.2) is 0 Å². The maximum atomic E-state index is 8.52. The van der Waals surface area contributed by atoms with Crippen LogP contribution in [0.25, 0.3) is 0 Å². The molecule has 0 rings (SSSR count). The average molecular weight is 349 g/mol. The largest absolute Gasteiger partial charge is 2.00 e. The molecule has 0 atom stereocenters. The molecule has 0 saturated heterocycles. The maximum absolute atomic E-state index is 8.52. The van der Waals surface area contributed by atoms with Crippen molar-refractivity contribution in [1.29, 1.82) is 0 Å². The van der Waals surface area contributed by atoms with Crippen LogP contribution in [0.15, 0.2) is 0 Å². The van der Waals surface area contributed by atoms with E-state index in [1.54, 1.807) is 0 Å². The van der Waals surface area contributed by atoms with E-state index >= 15 is 0 Å². The van der Waals surface area contributed by atoms with Gasteiger partial charge in [0.25, 0.3) is 0 Å². The molecule has 11 heteroatoms. The molecule has 0 aliphatic heterocycles. The first-order valence-corrected chi connectivity index (χ1v) is 6.94.